The molecule has 6 heteroatoms. The maximum absolute atomic E-state index is 11.6. The van der Waals surface area contributed by atoms with Gasteiger partial charge in [0.1, 0.15) is 11.6 Å². The van der Waals surface area contributed by atoms with E-state index in [-0.39, 0.29) is 6.42 Å². The highest BCUT2D eigenvalue weighted by molar-refractivity contribution is 5.80. The number of carboxylic acid groups (broad SMARTS) is 1. The molecule has 0 radical (unpaired) electrons. The molecule has 0 saturated carbocycles. The standard InChI is InChI=1S/C15H18N2O4/c1-15(2,3)21-14(20)17-12(13(18)19)9-10-5-7-11(16-4)8-6-10/h5-8,12H,9H2,1-3H3,(H,17,20)(H,18,19)/t12-/m0/s1. The van der Waals surface area contributed by atoms with E-state index in [2.05, 4.69) is 10.2 Å². The van der Waals surface area contributed by atoms with Gasteiger partial charge in [-0.1, -0.05) is 24.3 Å². The molecule has 0 saturated heterocycles. The van der Waals surface area contributed by atoms with Crippen LogP contribution in [0.2, 0.25) is 0 Å². The summed E-state index contributed by atoms with van der Waals surface area (Å²) in [5.41, 5.74) is 0.501. The van der Waals surface area contributed by atoms with E-state index >= 15 is 0 Å². The molecule has 0 unspecified atom stereocenters. The van der Waals surface area contributed by atoms with Crippen molar-refractivity contribution in [2.24, 2.45) is 0 Å². The maximum Gasteiger partial charge on any atom is 0.408 e. The number of nitrogens with one attached hydrogen (secondary N) is 1. The average Bonchev–Trinajstić information content (AvgIpc) is 2.36. The molecule has 0 aliphatic carbocycles. The highest BCUT2D eigenvalue weighted by atomic mass is 16.6. The molecule has 0 heterocycles. The van der Waals surface area contributed by atoms with Crippen LogP contribution in [0.5, 0.6) is 0 Å². The normalized spacial score (nSPS) is 12.1. The molecular formula is C15H18N2O4. The van der Waals surface area contributed by atoms with Crippen molar-refractivity contribution in [2.75, 3.05) is 0 Å². The molecule has 6 nitrogen and oxygen atoms in total. The van der Waals surface area contributed by atoms with Crippen LogP contribution in [-0.2, 0) is 16.0 Å². The second kappa shape index (κ2) is 6.75. The first kappa shape index (κ1) is 16.5. The molecule has 0 bridgehead atoms. The lowest BCUT2D eigenvalue weighted by Gasteiger charge is -2.22. The molecule has 2 N–H and O–H groups in total. The van der Waals surface area contributed by atoms with Crippen molar-refractivity contribution in [1.82, 2.24) is 5.32 Å². The molecule has 0 aliphatic heterocycles. The van der Waals surface area contributed by atoms with Gasteiger partial charge in [0.05, 0.1) is 6.57 Å². The van der Waals surface area contributed by atoms with Gasteiger partial charge in [0.2, 0.25) is 0 Å². The van der Waals surface area contributed by atoms with Crippen LogP contribution in [0.1, 0.15) is 26.3 Å². The molecule has 1 aromatic rings. The molecule has 21 heavy (non-hydrogen) atoms. The van der Waals surface area contributed by atoms with Gasteiger partial charge in [0, 0.05) is 6.42 Å². The fourth-order valence-electron chi connectivity index (χ4n) is 1.59. The topological polar surface area (TPSA) is 80.0 Å². The zero-order valence-corrected chi connectivity index (χ0v) is 12.2. The number of ether oxygens (including phenoxy) is 1. The Hall–Kier alpha value is -2.55. The number of carbonyl (C=O) groups excluding carboxylic acids is 1. The van der Waals surface area contributed by atoms with Gasteiger partial charge in [-0.2, -0.15) is 0 Å². The molecule has 112 valence electrons. The SMILES string of the molecule is [C-]#[N+]c1ccc(C[C@H](NC(=O)OC(C)(C)C)C(=O)O)cc1. The van der Waals surface area contributed by atoms with Gasteiger partial charge in [0.25, 0.3) is 0 Å². The Morgan fingerprint density at radius 3 is 2.33 bits per heavy atom. The number of hydrogen-bond donors (Lipinski definition) is 2. The summed E-state index contributed by atoms with van der Waals surface area (Å²) in [6, 6.07) is 5.46. The number of alkyl carbamates (subject to hydrolysis) is 1. The molecule has 1 rings (SSSR count). The number of carboxylic acids is 1. The van der Waals surface area contributed by atoms with E-state index in [1.54, 1.807) is 45.0 Å². The van der Waals surface area contributed by atoms with Gasteiger partial charge in [0.15, 0.2) is 5.69 Å². The lowest BCUT2D eigenvalue weighted by Crippen LogP contribution is -2.44. The predicted molar refractivity (Wildman–Crippen MR) is 77.2 cm³/mol. The van der Waals surface area contributed by atoms with Crippen LogP contribution in [0.15, 0.2) is 24.3 Å². The van der Waals surface area contributed by atoms with E-state index in [4.69, 9.17) is 16.4 Å². The predicted octanol–water partition coefficient (Wildman–Crippen LogP) is 2.76. The van der Waals surface area contributed by atoms with Gasteiger partial charge in [-0.25, -0.2) is 14.4 Å². The zero-order chi connectivity index (χ0) is 16.0. The Morgan fingerprint density at radius 2 is 1.90 bits per heavy atom. The summed E-state index contributed by atoms with van der Waals surface area (Å²) in [5, 5.41) is 11.5. The third-order valence-electron chi connectivity index (χ3n) is 2.49. The molecule has 1 atom stereocenters. The highest BCUT2D eigenvalue weighted by Crippen LogP contribution is 2.14. The van der Waals surface area contributed by atoms with Crippen LogP contribution in [-0.4, -0.2) is 28.8 Å². The van der Waals surface area contributed by atoms with E-state index in [0.717, 1.165) is 0 Å². The fourth-order valence-corrected chi connectivity index (χ4v) is 1.59. The Balaban J connectivity index is 2.72. The van der Waals surface area contributed by atoms with Crippen LogP contribution in [0.25, 0.3) is 4.85 Å². The number of benzene rings is 1. The van der Waals surface area contributed by atoms with E-state index < -0.39 is 23.7 Å². The molecule has 0 spiro atoms. The minimum Gasteiger partial charge on any atom is -0.480 e. The smallest absolute Gasteiger partial charge is 0.408 e. The lowest BCUT2D eigenvalue weighted by atomic mass is 10.1. The van der Waals surface area contributed by atoms with E-state index in [1.807, 2.05) is 0 Å². The molecule has 0 aromatic heterocycles. The van der Waals surface area contributed by atoms with Crippen LogP contribution in [0, 0.1) is 6.57 Å². The third-order valence-corrected chi connectivity index (χ3v) is 2.49. The van der Waals surface area contributed by atoms with Gasteiger partial charge >= 0.3 is 12.1 Å². The minimum absolute atomic E-state index is 0.118. The number of amides is 1. The number of hydrogen-bond acceptors (Lipinski definition) is 3. The number of rotatable bonds is 4. The number of carbonyl (C=O) groups is 2. The summed E-state index contributed by atoms with van der Waals surface area (Å²) in [5.74, 6) is -1.14. The summed E-state index contributed by atoms with van der Waals surface area (Å²) in [4.78, 5) is 26.1. The van der Waals surface area contributed by atoms with Crippen LogP contribution in [0.3, 0.4) is 0 Å². The second-order valence-electron chi connectivity index (χ2n) is 5.52. The van der Waals surface area contributed by atoms with Crippen molar-refractivity contribution in [3.63, 3.8) is 0 Å². The van der Waals surface area contributed by atoms with E-state index in [0.29, 0.717) is 11.3 Å². The largest absolute Gasteiger partial charge is 0.480 e. The summed E-state index contributed by atoms with van der Waals surface area (Å²) in [6.07, 6.45) is -0.653. The second-order valence-corrected chi connectivity index (χ2v) is 5.52. The first-order valence-corrected chi connectivity index (χ1v) is 6.40. The van der Waals surface area contributed by atoms with Crippen LogP contribution >= 0.6 is 0 Å². The van der Waals surface area contributed by atoms with Crippen molar-refractivity contribution in [1.29, 1.82) is 0 Å². The highest BCUT2D eigenvalue weighted by Gasteiger charge is 2.24. The van der Waals surface area contributed by atoms with Gasteiger partial charge < -0.3 is 15.2 Å². The van der Waals surface area contributed by atoms with Gasteiger partial charge in [-0.05, 0) is 26.3 Å². The van der Waals surface area contributed by atoms with Crippen molar-refractivity contribution in [2.45, 2.75) is 38.8 Å². The van der Waals surface area contributed by atoms with Crippen molar-refractivity contribution in [3.05, 3.63) is 41.2 Å². The molecule has 0 fully saturated rings. The van der Waals surface area contributed by atoms with Crippen LogP contribution < -0.4 is 5.32 Å². The Kier molecular flexibility index (Phi) is 5.30. The average molecular weight is 290 g/mol. The Morgan fingerprint density at radius 1 is 1.33 bits per heavy atom. The van der Waals surface area contributed by atoms with Gasteiger partial charge in [-0.3, -0.25) is 0 Å². The Labute approximate surface area is 123 Å². The molecular weight excluding hydrogens is 272 g/mol. The quantitative estimate of drug-likeness (QED) is 0.836. The summed E-state index contributed by atoms with van der Waals surface area (Å²) < 4.78 is 5.04. The first-order valence-electron chi connectivity index (χ1n) is 6.40. The van der Waals surface area contributed by atoms with E-state index in [1.165, 1.54) is 0 Å². The summed E-state index contributed by atoms with van der Waals surface area (Å²) >= 11 is 0. The van der Waals surface area contributed by atoms with E-state index in [9.17, 15) is 9.59 Å². The minimum atomic E-state index is -1.14. The number of aliphatic carboxylic acids is 1. The third kappa shape index (κ3) is 5.95. The zero-order valence-electron chi connectivity index (χ0n) is 12.2. The molecule has 1 aromatic carbocycles. The first-order chi connectivity index (χ1) is 9.71. The maximum atomic E-state index is 11.6. The van der Waals surface area contributed by atoms with Crippen molar-refractivity contribution in [3.8, 4) is 0 Å². The summed E-state index contributed by atoms with van der Waals surface area (Å²) in [7, 11) is 0. The molecule has 0 aliphatic rings. The Bertz CT molecular complexity index is 553. The van der Waals surface area contributed by atoms with Gasteiger partial charge in [-0.15, -0.1) is 0 Å². The number of nitrogens with zero attached hydrogens (tertiary/aromatic N) is 1. The fraction of sp³-hybridized carbons (Fsp3) is 0.400. The van der Waals surface area contributed by atoms with Crippen LogP contribution in [0.4, 0.5) is 10.5 Å². The summed E-state index contributed by atoms with van der Waals surface area (Å²) in [6.45, 7) is 12.0. The molecule has 1 amide bonds. The van der Waals surface area contributed by atoms with Crippen molar-refractivity contribution >= 4 is 17.7 Å². The lowest BCUT2D eigenvalue weighted by molar-refractivity contribution is -0.139. The monoisotopic (exact) mass is 290 g/mol. The van der Waals surface area contributed by atoms with Crippen molar-refractivity contribution < 1.29 is 19.4 Å².